The Bertz CT molecular complexity index is 901. The highest BCUT2D eigenvalue weighted by Crippen LogP contribution is 2.40. The molecule has 11 heteroatoms. The van der Waals surface area contributed by atoms with Crippen molar-refractivity contribution in [1.29, 1.82) is 0 Å². The predicted octanol–water partition coefficient (Wildman–Crippen LogP) is 3.49. The molecule has 1 saturated heterocycles. The minimum atomic E-state index is -5.08. The Morgan fingerprint density at radius 2 is 1.79 bits per heavy atom. The third-order valence-electron chi connectivity index (χ3n) is 4.70. The largest absolute Gasteiger partial charge is 0.490 e. The Balaban J connectivity index is 0.000000279. The molecule has 1 fully saturated rings. The molecule has 1 aromatic heterocycles. The zero-order valence-electron chi connectivity index (χ0n) is 14.4. The summed E-state index contributed by atoms with van der Waals surface area (Å²) in [7, 11) is 1.75. The summed E-state index contributed by atoms with van der Waals surface area (Å²) >= 11 is 0. The standard InChI is InChI=1S/C15H14F3N3.C2HF3O2/c1-21-15(7-4-10(16)13(18)11(17)5-7)9-6-8-2-3-12(19-8)14(9)20-21;3-2(4,5)1(6)7/h4-5,8,12,19H,2-3,6H2,1H3;(H,6,7)/t8-,12+;/m1./s1. The third kappa shape index (κ3) is 3.71. The molecule has 3 heterocycles. The van der Waals surface area contributed by atoms with E-state index in [0.29, 0.717) is 17.3 Å². The first kappa shape index (κ1) is 20.2. The maximum atomic E-state index is 13.5. The minimum absolute atomic E-state index is 0.217. The molecule has 0 radical (unpaired) electrons. The molecule has 0 amide bonds. The molecule has 2 aromatic rings. The van der Waals surface area contributed by atoms with Gasteiger partial charge in [0, 0.05) is 24.2 Å². The number of rotatable bonds is 1. The van der Waals surface area contributed by atoms with Crippen LogP contribution in [0.1, 0.15) is 30.1 Å². The second-order valence-corrected chi connectivity index (χ2v) is 6.59. The molecule has 0 aliphatic carbocycles. The lowest BCUT2D eigenvalue weighted by Crippen LogP contribution is -2.31. The Labute approximate surface area is 155 Å². The number of aliphatic carboxylic acids is 1. The molecule has 5 nitrogen and oxygen atoms in total. The van der Waals surface area contributed by atoms with Gasteiger partial charge < -0.3 is 10.4 Å². The monoisotopic (exact) mass is 407 g/mol. The summed E-state index contributed by atoms with van der Waals surface area (Å²) in [4.78, 5) is 8.90. The van der Waals surface area contributed by atoms with Gasteiger partial charge in [-0.2, -0.15) is 18.3 Å². The lowest BCUT2D eigenvalue weighted by atomic mass is 9.96. The van der Waals surface area contributed by atoms with Crippen LogP contribution >= 0.6 is 0 Å². The number of halogens is 6. The van der Waals surface area contributed by atoms with E-state index in [4.69, 9.17) is 9.90 Å². The van der Waals surface area contributed by atoms with Gasteiger partial charge in [0.25, 0.3) is 0 Å². The van der Waals surface area contributed by atoms with Crippen LogP contribution in [0, 0.1) is 17.5 Å². The molecular formula is C17H15F6N3O2. The van der Waals surface area contributed by atoms with Crippen molar-refractivity contribution in [2.45, 2.75) is 37.5 Å². The first-order valence-corrected chi connectivity index (χ1v) is 8.26. The van der Waals surface area contributed by atoms with Crippen LogP contribution in [0.3, 0.4) is 0 Å². The molecule has 1 aromatic carbocycles. The summed E-state index contributed by atoms with van der Waals surface area (Å²) in [5.74, 6) is -6.53. The first-order chi connectivity index (χ1) is 13.0. The normalized spacial score (nSPS) is 20.4. The number of hydrogen-bond acceptors (Lipinski definition) is 3. The summed E-state index contributed by atoms with van der Waals surface area (Å²) in [6, 6.07) is 2.69. The van der Waals surface area contributed by atoms with Crippen LogP contribution in [-0.4, -0.2) is 33.1 Å². The van der Waals surface area contributed by atoms with Gasteiger partial charge in [0.1, 0.15) is 0 Å². The Morgan fingerprint density at radius 3 is 2.32 bits per heavy atom. The predicted molar refractivity (Wildman–Crippen MR) is 84.8 cm³/mol. The van der Waals surface area contributed by atoms with Crippen LogP contribution in [0.15, 0.2) is 12.1 Å². The van der Waals surface area contributed by atoms with E-state index in [9.17, 15) is 26.3 Å². The number of carboxylic acid groups (broad SMARTS) is 1. The first-order valence-electron chi connectivity index (χ1n) is 8.26. The number of aromatic nitrogens is 2. The van der Waals surface area contributed by atoms with E-state index in [-0.39, 0.29) is 6.04 Å². The maximum absolute atomic E-state index is 13.5. The Hall–Kier alpha value is -2.56. The van der Waals surface area contributed by atoms with E-state index in [1.54, 1.807) is 11.7 Å². The number of fused-ring (bicyclic) bond motifs is 4. The van der Waals surface area contributed by atoms with Crippen LogP contribution in [-0.2, 0) is 18.3 Å². The lowest BCUT2D eigenvalue weighted by molar-refractivity contribution is -0.192. The van der Waals surface area contributed by atoms with E-state index in [1.807, 2.05) is 0 Å². The van der Waals surface area contributed by atoms with Crippen molar-refractivity contribution in [1.82, 2.24) is 15.1 Å². The van der Waals surface area contributed by atoms with Gasteiger partial charge in [-0.3, -0.25) is 4.68 Å². The average molecular weight is 407 g/mol. The van der Waals surface area contributed by atoms with Crippen molar-refractivity contribution < 1.29 is 36.2 Å². The van der Waals surface area contributed by atoms with E-state index >= 15 is 0 Å². The number of benzene rings is 1. The molecule has 2 N–H and O–H groups in total. The quantitative estimate of drug-likeness (QED) is 0.561. The highest BCUT2D eigenvalue weighted by atomic mass is 19.4. The second kappa shape index (κ2) is 7.12. The molecule has 0 saturated carbocycles. The second-order valence-electron chi connectivity index (χ2n) is 6.59. The van der Waals surface area contributed by atoms with Crippen molar-refractivity contribution >= 4 is 5.97 Å². The fourth-order valence-corrected chi connectivity index (χ4v) is 3.57. The molecule has 0 spiro atoms. The molecule has 0 unspecified atom stereocenters. The van der Waals surface area contributed by atoms with Crippen molar-refractivity contribution in [3.63, 3.8) is 0 Å². The van der Waals surface area contributed by atoms with Gasteiger partial charge in [-0.1, -0.05) is 0 Å². The number of aryl methyl sites for hydroxylation is 1. The summed E-state index contributed by atoms with van der Waals surface area (Å²) in [6.45, 7) is 0. The number of hydrogen-bond donors (Lipinski definition) is 2. The van der Waals surface area contributed by atoms with E-state index < -0.39 is 29.6 Å². The smallest absolute Gasteiger partial charge is 0.475 e. The van der Waals surface area contributed by atoms with E-state index in [2.05, 4.69) is 10.4 Å². The minimum Gasteiger partial charge on any atom is -0.475 e. The summed E-state index contributed by atoms with van der Waals surface area (Å²) < 4.78 is 73.5. The Morgan fingerprint density at radius 1 is 1.21 bits per heavy atom. The summed E-state index contributed by atoms with van der Waals surface area (Å²) in [5, 5.41) is 15.1. The molecule has 4 rings (SSSR count). The topological polar surface area (TPSA) is 67.2 Å². The van der Waals surface area contributed by atoms with Gasteiger partial charge in [-0.05, 0) is 31.4 Å². The van der Waals surface area contributed by atoms with Gasteiger partial charge in [0.05, 0.1) is 17.4 Å². The molecule has 2 aliphatic rings. The average Bonchev–Trinajstić information content (AvgIpc) is 3.14. The highest BCUT2D eigenvalue weighted by Gasteiger charge is 2.38. The van der Waals surface area contributed by atoms with Gasteiger partial charge in [0.2, 0.25) is 0 Å². The molecule has 152 valence electrons. The fraction of sp³-hybridized carbons (Fsp3) is 0.412. The number of alkyl halides is 3. The summed E-state index contributed by atoms with van der Waals surface area (Å²) in [5.41, 5.74) is 2.99. The zero-order valence-corrected chi connectivity index (χ0v) is 14.4. The fourth-order valence-electron chi connectivity index (χ4n) is 3.57. The van der Waals surface area contributed by atoms with Crippen LogP contribution < -0.4 is 5.32 Å². The van der Waals surface area contributed by atoms with Gasteiger partial charge in [0.15, 0.2) is 17.5 Å². The van der Waals surface area contributed by atoms with E-state index in [0.717, 1.165) is 42.7 Å². The number of nitrogens with zero attached hydrogens (tertiary/aromatic N) is 2. The van der Waals surface area contributed by atoms with Gasteiger partial charge in [-0.15, -0.1) is 0 Å². The van der Waals surface area contributed by atoms with Crippen molar-refractivity contribution in [3.8, 4) is 11.3 Å². The zero-order chi connectivity index (χ0) is 20.8. The van der Waals surface area contributed by atoms with Crippen molar-refractivity contribution in [2.24, 2.45) is 7.05 Å². The molecule has 28 heavy (non-hydrogen) atoms. The van der Waals surface area contributed by atoms with Crippen LogP contribution in [0.2, 0.25) is 0 Å². The Kier molecular flexibility index (Phi) is 5.13. The molecule has 2 atom stereocenters. The number of nitrogens with one attached hydrogen (secondary N) is 1. The summed E-state index contributed by atoms with van der Waals surface area (Å²) in [6.07, 6.45) is -2.19. The molecule has 2 bridgehead atoms. The molecular weight excluding hydrogens is 392 g/mol. The third-order valence-corrected chi connectivity index (χ3v) is 4.70. The SMILES string of the molecule is Cn1nc2c(c1-c1cc(F)c(F)c(F)c1)C[C@H]1CC[C@@H]2N1.O=C(O)C(F)(F)F. The van der Waals surface area contributed by atoms with E-state index in [1.165, 1.54) is 0 Å². The van der Waals surface area contributed by atoms with Gasteiger partial charge >= 0.3 is 12.1 Å². The van der Waals surface area contributed by atoms with Gasteiger partial charge in [-0.25, -0.2) is 18.0 Å². The van der Waals surface area contributed by atoms with Crippen molar-refractivity contribution in [3.05, 3.63) is 40.8 Å². The van der Waals surface area contributed by atoms with Crippen LogP contribution in [0.5, 0.6) is 0 Å². The highest BCUT2D eigenvalue weighted by molar-refractivity contribution is 5.73. The number of carboxylic acids is 1. The maximum Gasteiger partial charge on any atom is 0.490 e. The lowest BCUT2D eigenvalue weighted by Gasteiger charge is -2.21. The molecule has 2 aliphatic heterocycles. The number of carbonyl (C=O) groups is 1. The van der Waals surface area contributed by atoms with Crippen molar-refractivity contribution in [2.75, 3.05) is 0 Å². The van der Waals surface area contributed by atoms with Crippen LogP contribution in [0.25, 0.3) is 11.3 Å². The van der Waals surface area contributed by atoms with Crippen LogP contribution in [0.4, 0.5) is 26.3 Å².